The molecule has 2 aromatic heterocycles. The maximum absolute atomic E-state index is 12.3. The van der Waals surface area contributed by atoms with Crippen LogP contribution < -0.4 is 0 Å². The molecule has 0 atom stereocenters. The normalized spacial score (nSPS) is 16.0. The maximum Gasteiger partial charge on any atom is 0.244 e. The van der Waals surface area contributed by atoms with Crippen LogP contribution in [0.5, 0.6) is 0 Å². The Morgan fingerprint density at radius 3 is 2.55 bits per heavy atom. The second-order valence-corrected chi connectivity index (χ2v) is 5.73. The van der Waals surface area contributed by atoms with Crippen molar-refractivity contribution in [2.45, 2.75) is 20.0 Å². The van der Waals surface area contributed by atoms with Gasteiger partial charge < -0.3 is 4.90 Å². The Balaban J connectivity index is 1.48. The van der Waals surface area contributed by atoms with Crippen molar-refractivity contribution in [3.63, 3.8) is 0 Å². The quantitative estimate of drug-likeness (QED) is 0.843. The Hall–Kier alpha value is -2.21. The van der Waals surface area contributed by atoms with Gasteiger partial charge in [0, 0.05) is 51.3 Å². The van der Waals surface area contributed by atoms with E-state index in [9.17, 15) is 4.79 Å². The third-order valence-corrected chi connectivity index (χ3v) is 3.94. The predicted octanol–water partition coefficient (Wildman–Crippen LogP) is 0.931. The first-order valence-corrected chi connectivity index (χ1v) is 7.59. The molecule has 0 saturated carbocycles. The molecule has 6 heteroatoms. The Labute approximate surface area is 130 Å². The second-order valence-electron chi connectivity index (χ2n) is 5.73. The standard InChI is InChI=1S/C16H21N5O/c1-14-10-18-21(11-14)13-16(22)20-8-6-19(7-9-20)12-15-2-4-17-5-3-15/h2-5,10-11H,6-9,12-13H2,1H3. The number of hydrogen-bond acceptors (Lipinski definition) is 4. The van der Waals surface area contributed by atoms with Crippen LogP contribution in [0.1, 0.15) is 11.1 Å². The molecule has 0 N–H and O–H groups in total. The Bertz CT molecular complexity index is 616. The molecule has 0 bridgehead atoms. The van der Waals surface area contributed by atoms with Crippen LogP contribution >= 0.6 is 0 Å². The highest BCUT2D eigenvalue weighted by atomic mass is 16.2. The van der Waals surface area contributed by atoms with Crippen LogP contribution in [0, 0.1) is 6.92 Å². The van der Waals surface area contributed by atoms with E-state index in [-0.39, 0.29) is 5.91 Å². The van der Waals surface area contributed by atoms with Crippen molar-refractivity contribution in [3.8, 4) is 0 Å². The highest BCUT2D eigenvalue weighted by Gasteiger charge is 2.21. The third kappa shape index (κ3) is 3.71. The molecule has 1 amide bonds. The molecule has 2 aromatic rings. The summed E-state index contributed by atoms with van der Waals surface area (Å²) in [6.45, 7) is 6.61. The molecule has 22 heavy (non-hydrogen) atoms. The monoisotopic (exact) mass is 299 g/mol. The summed E-state index contributed by atoms with van der Waals surface area (Å²) < 4.78 is 1.71. The van der Waals surface area contributed by atoms with E-state index in [1.54, 1.807) is 10.9 Å². The van der Waals surface area contributed by atoms with Crippen LogP contribution in [-0.2, 0) is 17.9 Å². The van der Waals surface area contributed by atoms with Crippen molar-refractivity contribution in [2.75, 3.05) is 26.2 Å². The SMILES string of the molecule is Cc1cnn(CC(=O)N2CCN(Cc3ccncc3)CC2)c1. The van der Waals surface area contributed by atoms with Gasteiger partial charge in [-0.3, -0.25) is 19.4 Å². The second kappa shape index (κ2) is 6.70. The zero-order valence-electron chi connectivity index (χ0n) is 12.9. The molecule has 116 valence electrons. The number of carbonyl (C=O) groups is 1. The van der Waals surface area contributed by atoms with E-state index >= 15 is 0 Å². The van der Waals surface area contributed by atoms with Gasteiger partial charge >= 0.3 is 0 Å². The molecule has 1 aliphatic rings. The fourth-order valence-electron chi connectivity index (χ4n) is 2.69. The zero-order valence-corrected chi connectivity index (χ0v) is 12.9. The minimum Gasteiger partial charge on any atom is -0.339 e. The van der Waals surface area contributed by atoms with Gasteiger partial charge in [-0.2, -0.15) is 5.10 Å². The molecule has 1 saturated heterocycles. The predicted molar refractivity (Wildman–Crippen MR) is 83.1 cm³/mol. The van der Waals surface area contributed by atoms with Gasteiger partial charge in [-0.1, -0.05) is 0 Å². The fraction of sp³-hybridized carbons (Fsp3) is 0.438. The minimum absolute atomic E-state index is 0.145. The first-order valence-electron chi connectivity index (χ1n) is 7.59. The molecular formula is C16H21N5O. The first kappa shape index (κ1) is 14.7. The number of carbonyl (C=O) groups excluding carboxylic acids is 1. The number of piperazine rings is 1. The van der Waals surface area contributed by atoms with Crippen molar-refractivity contribution in [3.05, 3.63) is 48.0 Å². The molecule has 0 aliphatic carbocycles. The average Bonchev–Trinajstić information content (AvgIpc) is 2.94. The summed E-state index contributed by atoms with van der Waals surface area (Å²) in [6, 6.07) is 4.08. The van der Waals surface area contributed by atoms with E-state index in [1.165, 1.54) is 5.56 Å². The summed E-state index contributed by atoms with van der Waals surface area (Å²) in [4.78, 5) is 20.6. The molecule has 0 aromatic carbocycles. The Morgan fingerprint density at radius 2 is 1.91 bits per heavy atom. The number of aryl methyl sites for hydroxylation is 1. The topological polar surface area (TPSA) is 54.3 Å². The van der Waals surface area contributed by atoms with E-state index < -0.39 is 0 Å². The van der Waals surface area contributed by atoms with Crippen LogP contribution in [-0.4, -0.2) is 56.7 Å². The summed E-state index contributed by atoms with van der Waals surface area (Å²) in [6.07, 6.45) is 7.32. The van der Waals surface area contributed by atoms with E-state index in [0.29, 0.717) is 6.54 Å². The largest absolute Gasteiger partial charge is 0.339 e. The number of hydrogen-bond donors (Lipinski definition) is 0. The van der Waals surface area contributed by atoms with Crippen molar-refractivity contribution in [1.82, 2.24) is 24.6 Å². The number of aromatic nitrogens is 3. The number of pyridine rings is 1. The van der Waals surface area contributed by atoms with Crippen molar-refractivity contribution in [1.29, 1.82) is 0 Å². The van der Waals surface area contributed by atoms with E-state index in [0.717, 1.165) is 38.3 Å². The molecule has 0 radical (unpaired) electrons. The number of rotatable bonds is 4. The molecule has 3 heterocycles. The summed E-state index contributed by atoms with van der Waals surface area (Å²) in [5, 5.41) is 4.17. The van der Waals surface area contributed by atoms with Crippen molar-refractivity contribution >= 4 is 5.91 Å². The van der Waals surface area contributed by atoms with Crippen molar-refractivity contribution in [2.24, 2.45) is 0 Å². The molecule has 6 nitrogen and oxygen atoms in total. The smallest absolute Gasteiger partial charge is 0.244 e. The van der Waals surface area contributed by atoms with Crippen LogP contribution in [0.25, 0.3) is 0 Å². The fourth-order valence-corrected chi connectivity index (χ4v) is 2.69. The number of amides is 1. The molecule has 0 unspecified atom stereocenters. The summed E-state index contributed by atoms with van der Waals surface area (Å²) in [7, 11) is 0. The minimum atomic E-state index is 0.145. The molecule has 3 rings (SSSR count). The van der Waals surface area contributed by atoms with Gasteiger partial charge in [-0.25, -0.2) is 0 Å². The summed E-state index contributed by atoms with van der Waals surface area (Å²) in [5.41, 5.74) is 2.34. The summed E-state index contributed by atoms with van der Waals surface area (Å²) in [5.74, 6) is 0.145. The van der Waals surface area contributed by atoms with Gasteiger partial charge in [-0.05, 0) is 30.2 Å². The van der Waals surface area contributed by atoms with E-state index in [4.69, 9.17) is 0 Å². The average molecular weight is 299 g/mol. The molecular weight excluding hydrogens is 278 g/mol. The summed E-state index contributed by atoms with van der Waals surface area (Å²) >= 11 is 0. The van der Waals surface area contributed by atoms with Crippen molar-refractivity contribution < 1.29 is 4.79 Å². The third-order valence-electron chi connectivity index (χ3n) is 3.94. The van der Waals surface area contributed by atoms with Crippen LogP contribution in [0.3, 0.4) is 0 Å². The van der Waals surface area contributed by atoms with E-state index in [1.807, 2.05) is 42.5 Å². The Morgan fingerprint density at radius 1 is 1.18 bits per heavy atom. The zero-order chi connectivity index (χ0) is 15.4. The lowest BCUT2D eigenvalue weighted by Crippen LogP contribution is -2.49. The van der Waals surface area contributed by atoms with Crippen LogP contribution in [0.2, 0.25) is 0 Å². The highest BCUT2D eigenvalue weighted by Crippen LogP contribution is 2.08. The van der Waals surface area contributed by atoms with Gasteiger partial charge in [0.2, 0.25) is 5.91 Å². The first-order chi connectivity index (χ1) is 10.7. The van der Waals surface area contributed by atoms with Crippen LogP contribution in [0.4, 0.5) is 0 Å². The van der Waals surface area contributed by atoms with Gasteiger partial charge in [0.1, 0.15) is 6.54 Å². The maximum atomic E-state index is 12.3. The van der Waals surface area contributed by atoms with Gasteiger partial charge in [-0.15, -0.1) is 0 Å². The lowest BCUT2D eigenvalue weighted by molar-refractivity contribution is -0.133. The lowest BCUT2D eigenvalue weighted by atomic mass is 10.2. The lowest BCUT2D eigenvalue weighted by Gasteiger charge is -2.34. The Kier molecular flexibility index (Phi) is 4.48. The van der Waals surface area contributed by atoms with Crippen LogP contribution in [0.15, 0.2) is 36.9 Å². The van der Waals surface area contributed by atoms with E-state index in [2.05, 4.69) is 15.0 Å². The van der Waals surface area contributed by atoms with Gasteiger partial charge in [0.05, 0.1) is 6.20 Å². The molecule has 0 spiro atoms. The van der Waals surface area contributed by atoms with Gasteiger partial charge in [0.25, 0.3) is 0 Å². The highest BCUT2D eigenvalue weighted by molar-refractivity contribution is 5.76. The van der Waals surface area contributed by atoms with Gasteiger partial charge in [0.15, 0.2) is 0 Å². The number of nitrogens with zero attached hydrogens (tertiary/aromatic N) is 5. The molecule has 1 fully saturated rings. The molecule has 1 aliphatic heterocycles.